The molecule has 4 aromatic rings. The van der Waals surface area contributed by atoms with Crippen LogP contribution in [0.1, 0.15) is 28.4 Å². The van der Waals surface area contributed by atoms with Crippen molar-refractivity contribution < 1.29 is 18.7 Å². The Labute approximate surface area is 221 Å². The predicted octanol–water partition coefficient (Wildman–Crippen LogP) is 6.77. The minimum atomic E-state index is -0.450. The topological polar surface area (TPSA) is 64.8 Å². The Balaban J connectivity index is 1.50. The summed E-state index contributed by atoms with van der Waals surface area (Å²) in [7, 11) is 0. The minimum absolute atomic E-state index is 0.0749. The van der Waals surface area contributed by atoms with E-state index in [0.29, 0.717) is 33.7 Å². The van der Waals surface area contributed by atoms with Gasteiger partial charge < -0.3 is 14.0 Å². The van der Waals surface area contributed by atoms with Crippen molar-refractivity contribution in [3.8, 4) is 17.2 Å². The van der Waals surface area contributed by atoms with Gasteiger partial charge in [0.15, 0.2) is 11.5 Å². The number of hydrogen-bond acceptors (Lipinski definition) is 4. The molecule has 3 aromatic carbocycles. The molecular weight excluding hydrogens is 549 g/mol. The lowest BCUT2D eigenvalue weighted by atomic mass is 10.1. The fourth-order valence-electron chi connectivity index (χ4n) is 3.49. The summed E-state index contributed by atoms with van der Waals surface area (Å²) in [6.45, 7) is 2.15. The summed E-state index contributed by atoms with van der Waals surface area (Å²) >= 11 is 9.60. The number of rotatable bonds is 9. The van der Waals surface area contributed by atoms with Crippen LogP contribution in [0, 0.1) is 5.82 Å². The standard InChI is InChI=1S/C27H22BrClFN3O3/c1-2-35-25-15-18(14-21(28)26(25)36-17-20-22(29)9-7-10-23(20)30)16-31-32-27(34)19-8-3-4-11-24(19)33-12-5-6-13-33/h3-16H,2,17H2,1H3,(H,32,34)/b31-16+. The molecule has 1 N–H and O–H groups in total. The first-order chi connectivity index (χ1) is 17.5. The Morgan fingerprint density at radius 3 is 2.64 bits per heavy atom. The largest absolute Gasteiger partial charge is 0.490 e. The first-order valence-electron chi connectivity index (χ1n) is 11.1. The Bertz CT molecular complexity index is 1370. The van der Waals surface area contributed by atoms with Crippen LogP contribution in [0.15, 0.2) is 88.7 Å². The second-order valence-corrected chi connectivity index (χ2v) is 8.82. The number of hydrogen-bond donors (Lipinski definition) is 1. The van der Waals surface area contributed by atoms with E-state index in [2.05, 4.69) is 26.5 Å². The number of aromatic nitrogens is 1. The number of nitrogens with one attached hydrogen (secondary N) is 1. The number of nitrogens with zero attached hydrogens (tertiary/aromatic N) is 2. The molecule has 0 aliphatic rings. The highest BCUT2D eigenvalue weighted by atomic mass is 79.9. The molecule has 0 aliphatic heterocycles. The molecule has 0 saturated heterocycles. The van der Waals surface area contributed by atoms with Gasteiger partial charge in [0.2, 0.25) is 0 Å². The third-order valence-electron chi connectivity index (χ3n) is 5.17. The number of halogens is 3. The van der Waals surface area contributed by atoms with Crippen LogP contribution in [0.4, 0.5) is 4.39 Å². The maximum atomic E-state index is 14.1. The maximum Gasteiger partial charge on any atom is 0.273 e. The molecule has 0 aliphatic carbocycles. The van der Waals surface area contributed by atoms with Crippen molar-refractivity contribution >= 4 is 39.7 Å². The van der Waals surface area contributed by atoms with Crippen molar-refractivity contribution in [3.63, 3.8) is 0 Å². The maximum absolute atomic E-state index is 14.1. The molecule has 9 heteroatoms. The fourth-order valence-corrected chi connectivity index (χ4v) is 4.28. The van der Waals surface area contributed by atoms with E-state index < -0.39 is 5.82 Å². The second-order valence-electron chi connectivity index (χ2n) is 7.56. The van der Waals surface area contributed by atoms with Crippen molar-refractivity contribution in [2.24, 2.45) is 5.10 Å². The molecule has 184 valence electrons. The van der Waals surface area contributed by atoms with Crippen molar-refractivity contribution in [1.82, 2.24) is 9.99 Å². The summed E-state index contributed by atoms with van der Waals surface area (Å²) in [5, 5.41) is 4.39. The summed E-state index contributed by atoms with van der Waals surface area (Å²) in [5.74, 6) is 0.0406. The zero-order chi connectivity index (χ0) is 25.5. The quantitative estimate of drug-likeness (QED) is 0.178. The smallest absolute Gasteiger partial charge is 0.273 e. The van der Waals surface area contributed by atoms with Gasteiger partial charge in [0, 0.05) is 18.0 Å². The van der Waals surface area contributed by atoms with Crippen molar-refractivity contribution in [1.29, 1.82) is 0 Å². The van der Waals surface area contributed by atoms with Crippen LogP contribution in [-0.2, 0) is 6.61 Å². The van der Waals surface area contributed by atoms with E-state index in [-0.39, 0.29) is 23.1 Å². The number of carbonyl (C=O) groups excluding carboxylic acids is 1. The van der Waals surface area contributed by atoms with Crippen LogP contribution in [0.5, 0.6) is 11.5 Å². The lowest BCUT2D eigenvalue weighted by Gasteiger charge is -2.15. The van der Waals surface area contributed by atoms with Gasteiger partial charge in [0.05, 0.1) is 33.6 Å². The van der Waals surface area contributed by atoms with Crippen molar-refractivity contribution in [2.45, 2.75) is 13.5 Å². The van der Waals surface area contributed by atoms with Gasteiger partial charge in [-0.3, -0.25) is 4.79 Å². The molecule has 4 rings (SSSR count). The highest BCUT2D eigenvalue weighted by Gasteiger charge is 2.15. The van der Waals surface area contributed by atoms with Gasteiger partial charge >= 0.3 is 0 Å². The molecule has 0 atom stereocenters. The highest BCUT2D eigenvalue weighted by Crippen LogP contribution is 2.37. The average Bonchev–Trinajstić information content (AvgIpc) is 3.40. The average molecular weight is 571 g/mol. The molecule has 0 unspecified atom stereocenters. The summed E-state index contributed by atoms with van der Waals surface area (Å²) in [6, 6.07) is 19.0. The third kappa shape index (κ3) is 5.95. The third-order valence-corrected chi connectivity index (χ3v) is 6.11. The molecule has 6 nitrogen and oxygen atoms in total. The van der Waals surface area contributed by atoms with Gasteiger partial charge in [-0.2, -0.15) is 5.10 Å². The van der Waals surface area contributed by atoms with E-state index in [1.54, 1.807) is 30.3 Å². The minimum Gasteiger partial charge on any atom is -0.490 e. The summed E-state index contributed by atoms with van der Waals surface area (Å²) in [4.78, 5) is 12.8. The fraction of sp³-hybridized carbons (Fsp3) is 0.111. The number of benzene rings is 3. The number of amides is 1. The lowest BCUT2D eigenvalue weighted by molar-refractivity contribution is 0.0955. The molecule has 0 fully saturated rings. The number of ether oxygens (including phenoxy) is 2. The first kappa shape index (κ1) is 25.5. The summed E-state index contributed by atoms with van der Waals surface area (Å²) in [5.41, 5.74) is 4.70. The van der Waals surface area contributed by atoms with Crippen molar-refractivity contribution in [3.05, 3.63) is 111 Å². The van der Waals surface area contributed by atoms with E-state index in [1.807, 2.05) is 48.1 Å². The summed E-state index contributed by atoms with van der Waals surface area (Å²) < 4.78 is 28.2. The molecule has 0 spiro atoms. The van der Waals surface area contributed by atoms with E-state index in [4.69, 9.17) is 21.1 Å². The normalized spacial score (nSPS) is 11.0. The molecular formula is C27H22BrClFN3O3. The number of para-hydroxylation sites is 1. The van der Waals surface area contributed by atoms with Crippen LogP contribution >= 0.6 is 27.5 Å². The highest BCUT2D eigenvalue weighted by molar-refractivity contribution is 9.10. The SMILES string of the molecule is CCOc1cc(/C=N/NC(=O)c2ccccc2-n2cccc2)cc(Br)c1OCc1c(F)cccc1Cl. The van der Waals surface area contributed by atoms with Crippen LogP contribution in [-0.4, -0.2) is 23.3 Å². The molecule has 1 heterocycles. The van der Waals surface area contributed by atoms with E-state index in [0.717, 1.165) is 5.69 Å². The van der Waals surface area contributed by atoms with Crippen LogP contribution < -0.4 is 14.9 Å². The second kappa shape index (κ2) is 11.9. The molecule has 1 aromatic heterocycles. The Morgan fingerprint density at radius 1 is 1.11 bits per heavy atom. The van der Waals surface area contributed by atoms with Gasteiger partial charge in [-0.05, 0) is 76.9 Å². The van der Waals surface area contributed by atoms with Crippen LogP contribution in [0.3, 0.4) is 0 Å². The van der Waals surface area contributed by atoms with Gasteiger partial charge in [-0.25, -0.2) is 9.82 Å². The number of hydrazone groups is 1. The Morgan fingerprint density at radius 2 is 1.89 bits per heavy atom. The van der Waals surface area contributed by atoms with Gasteiger partial charge in [-0.1, -0.05) is 29.8 Å². The van der Waals surface area contributed by atoms with Crippen LogP contribution in [0.25, 0.3) is 5.69 Å². The van der Waals surface area contributed by atoms with E-state index in [9.17, 15) is 9.18 Å². The summed E-state index contributed by atoms with van der Waals surface area (Å²) in [6.07, 6.45) is 5.23. The van der Waals surface area contributed by atoms with Gasteiger partial charge in [-0.15, -0.1) is 0 Å². The monoisotopic (exact) mass is 569 g/mol. The molecule has 1 amide bonds. The zero-order valence-electron chi connectivity index (χ0n) is 19.3. The molecule has 0 radical (unpaired) electrons. The van der Waals surface area contributed by atoms with Gasteiger partial charge in [0.25, 0.3) is 5.91 Å². The zero-order valence-corrected chi connectivity index (χ0v) is 21.6. The number of carbonyl (C=O) groups is 1. The molecule has 0 bridgehead atoms. The Kier molecular flexibility index (Phi) is 8.40. The molecule has 0 saturated carbocycles. The van der Waals surface area contributed by atoms with Gasteiger partial charge in [0.1, 0.15) is 12.4 Å². The van der Waals surface area contributed by atoms with E-state index in [1.165, 1.54) is 18.3 Å². The predicted molar refractivity (Wildman–Crippen MR) is 142 cm³/mol. The molecule has 36 heavy (non-hydrogen) atoms. The van der Waals surface area contributed by atoms with Crippen LogP contribution in [0.2, 0.25) is 5.02 Å². The first-order valence-corrected chi connectivity index (χ1v) is 12.2. The van der Waals surface area contributed by atoms with Crippen molar-refractivity contribution in [2.75, 3.05) is 6.61 Å². The lowest BCUT2D eigenvalue weighted by Crippen LogP contribution is -2.19. The Hall–Kier alpha value is -3.62. The van der Waals surface area contributed by atoms with E-state index >= 15 is 0 Å².